The number of thiophene rings is 1. The van der Waals surface area contributed by atoms with Gasteiger partial charge in [-0.25, -0.2) is 0 Å². The van der Waals surface area contributed by atoms with Crippen LogP contribution in [0.3, 0.4) is 0 Å². The predicted octanol–water partition coefficient (Wildman–Crippen LogP) is 0.459. The molecule has 1 rings (SSSR count). The van der Waals surface area contributed by atoms with E-state index >= 15 is 0 Å². The summed E-state index contributed by atoms with van der Waals surface area (Å²) in [5.74, 6) is -1.44. The Morgan fingerprint density at radius 1 is 1.17 bits per heavy atom. The molecule has 18 heavy (non-hydrogen) atoms. The van der Waals surface area contributed by atoms with Gasteiger partial charge in [0.2, 0.25) is 5.91 Å². The monoisotopic (exact) mass is 270 g/mol. The van der Waals surface area contributed by atoms with E-state index in [0.29, 0.717) is 4.88 Å². The Morgan fingerprint density at radius 3 is 2.50 bits per heavy atom. The van der Waals surface area contributed by atoms with Crippen molar-refractivity contribution in [3.63, 3.8) is 0 Å². The number of hydrogen-bond acceptors (Lipinski definition) is 4. The van der Waals surface area contributed by atoms with E-state index in [2.05, 4.69) is 10.6 Å². The van der Waals surface area contributed by atoms with Crippen molar-refractivity contribution in [2.75, 3.05) is 13.1 Å². The molecule has 0 saturated carbocycles. The first-order valence-electron chi connectivity index (χ1n) is 5.40. The molecular weight excluding hydrogens is 256 g/mol. The molecule has 1 heterocycles. The van der Waals surface area contributed by atoms with Crippen molar-refractivity contribution >= 4 is 29.1 Å². The van der Waals surface area contributed by atoms with Crippen molar-refractivity contribution in [3.8, 4) is 0 Å². The van der Waals surface area contributed by atoms with Crippen LogP contribution in [-0.2, 0) is 9.59 Å². The molecule has 0 spiro atoms. The third-order valence-electron chi connectivity index (χ3n) is 2.04. The maximum Gasteiger partial charge on any atom is 0.305 e. The second kappa shape index (κ2) is 7.44. The van der Waals surface area contributed by atoms with Gasteiger partial charge >= 0.3 is 5.97 Å². The Hall–Kier alpha value is -1.89. The number of carboxylic acid groups (broad SMARTS) is 1. The first kappa shape index (κ1) is 14.2. The van der Waals surface area contributed by atoms with E-state index in [4.69, 9.17) is 5.11 Å². The second-order valence-corrected chi connectivity index (χ2v) is 4.42. The van der Waals surface area contributed by atoms with E-state index in [0.717, 1.165) is 0 Å². The number of hydrogen-bond donors (Lipinski definition) is 3. The molecule has 0 aliphatic heterocycles. The third-order valence-corrected chi connectivity index (χ3v) is 2.91. The highest BCUT2D eigenvalue weighted by Crippen LogP contribution is 2.07. The van der Waals surface area contributed by atoms with E-state index in [1.165, 1.54) is 11.3 Å². The summed E-state index contributed by atoms with van der Waals surface area (Å²) >= 11 is 1.33. The van der Waals surface area contributed by atoms with Gasteiger partial charge in [-0.2, -0.15) is 0 Å². The van der Waals surface area contributed by atoms with Crippen LogP contribution in [0.25, 0.3) is 0 Å². The predicted molar refractivity (Wildman–Crippen MR) is 66.5 cm³/mol. The number of carbonyl (C=O) groups excluding carboxylic acids is 2. The normalized spacial score (nSPS) is 9.78. The molecule has 3 N–H and O–H groups in total. The lowest BCUT2D eigenvalue weighted by molar-refractivity contribution is -0.136. The van der Waals surface area contributed by atoms with Crippen LogP contribution in [-0.4, -0.2) is 36.0 Å². The molecule has 0 aromatic carbocycles. The zero-order chi connectivity index (χ0) is 13.4. The van der Waals surface area contributed by atoms with Gasteiger partial charge in [0, 0.05) is 19.5 Å². The molecule has 6 nitrogen and oxygen atoms in total. The Balaban J connectivity index is 2.12. The van der Waals surface area contributed by atoms with Crippen molar-refractivity contribution in [2.45, 2.75) is 12.8 Å². The summed E-state index contributed by atoms with van der Waals surface area (Å²) in [5, 5.41) is 15.2. The van der Waals surface area contributed by atoms with E-state index < -0.39 is 5.97 Å². The molecule has 0 aliphatic carbocycles. The van der Waals surface area contributed by atoms with Gasteiger partial charge in [0.15, 0.2) is 0 Å². The van der Waals surface area contributed by atoms with Crippen molar-refractivity contribution < 1.29 is 19.5 Å². The van der Waals surface area contributed by atoms with E-state index in [1.54, 1.807) is 17.5 Å². The molecule has 0 atom stereocenters. The fraction of sp³-hybridized carbons (Fsp3) is 0.364. The van der Waals surface area contributed by atoms with Crippen LogP contribution in [0.5, 0.6) is 0 Å². The molecule has 0 fully saturated rings. The van der Waals surface area contributed by atoms with Gasteiger partial charge in [-0.3, -0.25) is 14.4 Å². The minimum Gasteiger partial charge on any atom is -0.481 e. The van der Waals surface area contributed by atoms with Crippen molar-refractivity contribution in [1.29, 1.82) is 0 Å². The fourth-order valence-electron chi connectivity index (χ4n) is 1.18. The average Bonchev–Trinajstić information content (AvgIpc) is 2.81. The topological polar surface area (TPSA) is 95.5 Å². The van der Waals surface area contributed by atoms with E-state index in [-0.39, 0.29) is 37.7 Å². The van der Waals surface area contributed by atoms with E-state index in [9.17, 15) is 14.4 Å². The van der Waals surface area contributed by atoms with Crippen molar-refractivity contribution in [2.24, 2.45) is 0 Å². The summed E-state index contributed by atoms with van der Waals surface area (Å²) in [6.45, 7) is 0.336. The largest absolute Gasteiger partial charge is 0.481 e. The number of rotatable bonds is 7. The van der Waals surface area contributed by atoms with Crippen LogP contribution in [0.1, 0.15) is 22.5 Å². The molecular formula is C11H14N2O4S. The van der Waals surface area contributed by atoms with Crippen molar-refractivity contribution in [3.05, 3.63) is 22.4 Å². The lowest BCUT2D eigenvalue weighted by Crippen LogP contribution is -2.31. The number of nitrogens with one attached hydrogen (secondary N) is 2. The highest BCUT2D eigenvalue weighted by molar-refractivity contribution is 7.12. The minimum absolute atomic E-state index is 0.104. The van der Waals surface area contributed by atoms with Gasteiger partial charge < -0.3 is 15.7 Å². The summed E-state index contributed by atoms with van der Waals surface area (Å²) < 4.78 is 0. The standard InChI is InChI=1S/C11H14N2O4S/c14-9(12-6-4-10(15)16)3-5-13-11(17)8-2-1-7-18-8/h1-2,7H,3-6H2,(H,12,14)(H,13,17)(H,15,16). The van der Waals surface area contributed by atoms with Crippen LogP contribution >= 0.6 is 11.3 Å². The second-order valence-electron chi connectivity index (χ2n) is 3.48. The lowest BCUT2D eigenvalue weighted by atomic mass is 10.3. The van der Waals surface area contributed by atoms with E-state index in [1.807, 2.05) is 0 Å². The van der Waals surface area contributed by atoms with Crippen LogP contribution in [0.4, 0.5) is 0 Å². The smallest absolute Gasteiger partial charge is 0.305 e. The average molecular weight is 270 g/mol. The van der Waals surface area contributed by atoms with Gasteiger partial charge in [-0.05, 0) is 11.4 Å². The zero-order valence-corrected chi connectivity index (χ0v) is 10.5. The van der Waals surface area contributed by atoms with Gasteiger partial charge in [0.25, 0.3) is 5.91 Å². The van der Waals surface area contributed by atoms with Gasteiger partial charge in [-0.15, -0.1) is 11.3 Å². The van der Waals surface area contributed by atoms with Crippen molar-refractivity contribution in [1.82, 2.24) is 10.6 Å². The molecule has 0 saturated heterocycles. The molecule has 2 amide bonds. The molecule has 0 bridgehead atoms. The summed E-state index contributed by atoms with van der Waals surface area (Å²) in [6.07, 6.45) is 0.0318. The summed E-state index contributed by atoms with van der Waals surface area (Å²) in [7, 11) is 0. The van der Waals surface area contributed by atoms with Gasteiger partial charge in [0.1, 0.15) is 0 Å². The number of carbonyl (C=O) groups is 3. The van der Waals surface area contributed by atoms with Crippen LogP contribution in [0.2, 0.25) is 0 Å². The highest BCUT2D eigenvalue weighted by atomic mass is 32.1. The summed E-state index contributed by atoms with van der Waals surface area (Å²) in [4.78, 5) is 33.5. The Kier molecular flexibility index (Phi) is 5.86. The van der Waals surface area contributed by atoms with Crippen LogP contribution in [0.15, 0.2) is 17.5 Å². The summed E-state index contributed by atoms with van der Waals surface area (Å²) in [6, 6.07) is 3.48. The maximum atomic E-state index is 11.5. The lowest BCUT2D eigenvalue weighted by Gasteiger charge is -2.04. The van der Waals surface area contributed by atoms with Gasteiger partial charge in [0.05, 0.1) is 11.3 Å². The molecule has 7 heteroatoms. The van der Waals surface area contributed by atoms with Crippen LogP contribution < -0.4 is 10.6 Å². The van der Waals surface area contributed by atoms with Gasteiger partial charge in [-0.1, -0.05) is 6.07 Å². The Morgan fingerprint density at radius 2 is 1.89 bits per heavy atom. The minimum atomic E-state index is -0.957. The number of amides is 2. The highest BCUT2D eigenvalue weighted by Gasteiger charge is 2.07. The Bertz CT molecular complexity index is 417. The quantitative estimate of drug-likeness (QED) is 0.670. The first-order chi connectivity index (χ1) is 8.59. The zero-order valence-electron chi connectivity index (χ0n) is 9.64. The molecule has 0 radical (unpaired) electrons. The van der Waals surface area contributed by atoms with Crippen LogP contribution in [0, 0.1) is 0 Å². The number of carboxylic acids is 1. The molecule has 0 unspecified atom stereocenters. The molecule has 1 aromatic rings. The maximum absolute atomic E-state index is 11.5. The third kappa shape index (κ3) is 5.44. The fourth-order valence-corrected chi connectivity index (χ4v) is 1.82. The SMILES string of the molecule is O=C(O)CCNC(=O)CCNC(=O)c1cccs1. The first-order valence-corrected chi connectivity index (χ1v) is 6.28. The molecule has 1 aromatic heterocycles. The Labute approximate surface area is 108 Å². The molecule has 0 aliphatic rings. The molecule has 98 valence electrons. The number of aliphatic carboxylic acids is 1. The summed E-state index contributed by atoms with van der Waals surface area (Å²) in [5.41, 5.74) is 0.